The first-order chi connectivity index (χ1) is 7.68. The molecule has 0 fully saturated rings. The van der Waals surface area contributed by atoms with E-state index in [1.807, 2.05) is 42.5 Å². The molecule has 0 aliphatic heterocycles. The number of ketones is 1. The van der Waals surface area contributed by atoms with Gasteiger partial charge in [0.2, 0.25) is 0 Å². The van der Waals surface area contributed by atoms with Crippen molar-refractivity contribution >= 4 is 16.6 Å². The summed E-state index contributed by atoms with van der Waals surface area (Å²) in [5.41, 5.74) is 8.77. The first kappa shape index (κ1) is 10.8. The van der Waals surface area contributed by atoms with Gasteiger partial charge in [0, 0.05) is 0 Å². The summed E-state index contributed by atoms with van der Waals surface area (Å²) in [6.07, 6.45) is 0.497. The van der Waals surface area contributed by atoms with Gasteiger partial charge in [0.05, 0.1) is 0 Å². The molecule has 0 spiro atoms. The maximum atomic E-state index is 11.1. The minimum atomic E-state index is -0.647. The van der Waals surface area contributed by atoms with Gasteiger partial charge in [-0.3, -0.25) is 0 Å². The largest absolute Gasteiger partial charge is 0.668 e. The average molecular weight is 212 g/mol. The average Bonchev–Trinajstić information content (AvgIpc) is 2.29. The Bertz CT molecular complexity index is 514. The number of nitrogens with one attached hydrogen (secondary N) is 1. The Hall–Kier alpha value is -1.67. The number of carbonyl (C=O) groups is 1. The van der Waals surface area contributed by atoms with Crippen molar-refractivity contribution in [2.75, 3.05) is 0 Å². The van der Waals surface area contributed by atoms with Crippen molar-refractivity contribution in [2.45, 2.75) is 19.4 Å². The Morgan fingerprint density at radius 2 is 1.88 bits per heavy atom. The Labute approximate surface area is 95.1 Å². The number of hydrogen-bond donors (Lipinski definition) is 0. The summed E-state index contributed by atoms with van der Waals surface area (Å²) in [6, 6.07) is 13.4. The van der Waals surface area contributed by atoms with Crippen LogP contribution >= 0.6 is 0 Å². The van der Waals surface area contributed by atoms with E-state index in [1.54, 1.807) is 0 Å². The van der Waals surface area contributed by atoms with Crippen LogP contribution in [0.3, 0.4) is 0 Å². The summed E-state index contributed by atoms with van der Waals surface area (Å²) in [5.74, 6) is -0.0760. The van der Waals surface area contributed by atoms with Crippen molar-refractivity contribution < 1.29 is 4.79 Å². The van der Waals surface area contributed by atoms with E-state index >= 15 is 0 Å². The first-order valence-electron chi connectivity index (χ1n) is 5.36. The molecule has 0 radical (unpaired) electrons. The lowest BCUT2D eigenvalue weighted by Crippen LogP contribution is -2.15. The lowest BCUT2D eigenvalue weighted by atomic mass is 9.98. The number of carbonyl (C=O) groups excluding carboxylic acids is 1. The van der Waals surface area contributed by atoms with Crippen LogP contribution in [0.2, 0.25) is 0 Å². The van der Waals surface area contributed by atoms with Crippen molar-refractivity contribution in [3.05, 3.63) is 53.8 Å². The van der Waals surface area contributed by atoms with E-state index in [9.17, 15) is 4.79 Å². The fourth-order valence-electron chi connectivity index (χ4n) is 1.83. The number of fused-ring (bicyclic) bond motifs is 1. The second kappa shape index (κ2) is 4.45. The van der Waals surface area contributed by atoms with Crippen molar-refractivity contribution in [2.24, 2.45) is 0 Å². The van der Waals surface area contributed by atoms with Gasteiger partial charge in [-0.2, -0.15) is 0 Å². The Morgan fingerprint density at radius 1 is 1.19 bits per heavy atom. The molecular formula is C14H14NO-. The van der Waals surface area contributed by atoms with Gasteiger partial charge in [0.25, 0.3) is 0 Å². The molecule has 2 rings (SSSR count). The molecule has 1 unspecified atom stereocenters. The quantitative estimate of drug-likeness (QED) is 0.768. The number of rotatable bonds is 3. The van der Waals surface area contributed by atoms with E-state index in [2.05, 4.69) is 0 Å². The van der Waals surface area contributed by atoms with Gasteiger partial charge in [-0.1, -0.05) is 48.5 Å². The van der Waals surface area contributed by atoms with E-state index < -0.39 is 6.04 Å². The number of Topliss-reactive ketones (excluding diaryl/α,β-unsaturated/α-hetero) is 1. The molecule has 1 atom stereocenters. The van der Waals surface area contributed by atoms with Crippen LogP contribution in [0.5, 0.6) is 0 Å². The van der Waals surface area contributed by atoms with Crippen LogP contribution in [0, 0.1) is 0 Å². The molecule has 0 amide bonds. The minimum Gasteiger partial charge on any atom is -0.668 e. The Kier molecular flexibility index (Phi) is 3.02. The van der Waals surface area contributed by atoms with Crippen LogP contribution in [0.25, 0.3) is 16.5 Å². The van der Waals surface area contributed by atoms with E-state index in [1.165, 1.54) is 6.92 Å². The topological polar surface area (TPSA) is 40.9 Å². The van der Waals surface area contributed by atoms with Gasteiger partial charge >= 0.3 is 0 Å². The standard InChI is InChI=1S/C14H14NO/c1-10(16)14(15)9-12-7-4-6-11-5-2-3-8-13(11)12/h2-8,14-15H,9H2,1H3/q-1. The maximum absolute atomic E-state index is 11.1. The predicted molar refractivity (Wildman–Crippen MR) is 66.4 cm³/mol. The van der Waals surface area contributed by atoms with Gasteiger partial charge in [-0.15, -0.1) is 0 Å². The second-order valence-corrected chi connectivity index (χ2v) is 4.01. The highest BCUT2D eigenvalue weighted by Gasteiger charge is 2.05. The zero-order valence-electron chi connectivity index (χ0n) is 9.23. The lowest BCUT2D eigenvalue weighted by molar-refractivity contribution is -0.117. The molecule has 2 aromatic rings. The normalized spacial score (nSPS) is 12.6. The van der Waals surface area contributed by atoms with Crippen molar-refractivity contribution in [3.63, 3.8) is 0 Å². The lowest BCUT2D eigenvalue weighted by Gasteiger charge is -2.17. The molecule has 16 heavy (non-hydrogen) atoms. The third-order valence-electron chi connectivity index (χ3n) is 2.79. The smallest absolute Gasteiger partial charge is 0.112 e. The molecule has 0 aromatic heterocycles. The summed E-state index contributed by atoms with van der Waals surface area (Å²) < 4.78 is 0. The summed E-state index contributed by atoms with van der Waals surface area (Å²) in [4.78, 5) is 11.1. The summed E-state index contributed by atoms with van der Waals surface area (Å²) >= 11 is 0. The third-order valence-corrected chi connectivity index (χ3v) is 2.79. The zero-order valence-corrected chi connectivity index (χ0v) is 9.23. The van der Waals surface area contributed by atoms with Crippen molar-refractivity contribution in [3.8, 4) is 0 Å². The van der Waals surface area contributed by atoms with Gasteiger partial charge in [-0.25, -0.2) is 0 Å². The van der Waals surface area contributed by atoms with Crippen LogP contribution in [0.1, 0.15) is 12.5 Å². The van der Waals surface area contributed by atoms with Crippen LogP contribution in [-0.4, -0.2) is 11.8 Å². The summed E-state index contributed by atoms with van der Waals surface area (Å²) in [7, 11) is 0. The molecule has 0 bridgehead atoms. The molecule has 1 N–H and O–H groups in total. The van der Waals surface area contributed by atoms with E-state index in [4.69, 9.17) is 5.73 Å². The summed E-state index contributed by atoms with van der Waals surface area (Å²) in [6.45, 7) is 1.47. The molecule has 0 heterocycles. The number of hydrogen-bond acceptors (Lipinski definition) is 1. The van der Waals surface area contributed by atoms with E-state index in [-0.39, 0.29) is 5.78 Å². The fourth-order valence-corrected chi connectivity index (χ4v) is 1.83. The van der Waals surface area contributed by atoms with Gasteiger partial charge in [0.1, 0.15) is 5.78 Å². The molecule has 2 heteroatoms. The maximum Gasteiger partial charge on any atom is 0.112 e. The molecule has 0 aliphatic rings. The Morgan fingerprint density at radius 3 is 2.62 bits per heavy atom. The third kappa shape index (κ3) is 2.12. The van der Waals surface area contributed by atoms with E-state index in [0.29, 0.717) is 6.42 Å². The Balaban J connectivity index is 2.41. The predicted octanol–water partition coefficient (Wildman–Crippen LogP) is 3.39. The highest BCUT2D eigenvalue weighted by molar-refractivity contribution is 5.88. The molecular weight excluding hydrogens is 198 g/mol. The molecule has 0 saturated carbocycles. The molecule has 0 saturated heterocycles. The van der Waals surface area contributed by atoms with Crippen molar-refractivity contribution in [1.29, 1.82) is 0 Å². The van der Waals surface area contributed by atoms with Crippen LogP contribution < -0.4 is 0 Å². The monoisotopic (exact) mass is 212 g/mol. The second-order valence-electron chi connectivity index (χ2n) is 4.01. The highest BCUT2D eigenvalue weighted by Crippen LogP contribution is 2.20. The molecule has 2 aromatic carbocycles. The minimum absolute atomic E-state index is 0.0760. The van der Waals surface area contributed by atoms with Gasteiger partial charge in [-0.05, 0) is 29.7 Å². The van der Waals surface area contributed by atoms with Crippen LogP contribution in [0.15, 0.2) is 42.5 Å². The molecule has 82 valence electrons. The van der Waals surface area contributed by atoms with Crippen molar-refractivity contribution in [1.82, 2.24) is 0 Å². The number of benzene rings is 2. The van der Waals surface area contributed by atoms with Crippen LogP contribution in [-0.2, 0) is 11.2 Å². The molecule has 2 nitrogen and oxygen atoms in total. The van der Waals surface area contributed by atoms with Gasteiger partial charge in [0.15, 0.2) is 0 Å². The summed E-state index contributed by atoms with van der Waals surface area (Å²) in [5, 5.41) is 2.30. The zero-order chi connectivity index (χ0) is 11.5. The molecule has 0 aliphatic carbocycles. The fraction of sp³-hybridized carbons (Fsp3) is 0.214. The van der Waals surface area contributed by atoms with E-state index in [0.717, 1.165) is 16.3 Å². The SMILES string of the molecule is CC(=O)C([NH-])Cc1cccc2ccccc12. The van der Waals surface area contributed by atoms with Crippen LogP contribution in [0.4, 0.5) is 0 Å². The first-order valence-corrected chi connectivity index (χ1v) is 5.36. The van der Waals surface area contributed by atoms with Gasteiger partial charge < -0.3 is 10.5 Å². The highest BCUT2D eigenvalue weighted by atomic mass is 16.1.